The van der Waals surface area contributed by atoms with Gasteiger partial charge in [-0.1, -0.05) is 42.5 Å². The lowest BCUT2D eigenvalue weighted by Gasteiger charge is -2.14. The summed E-state index contributed by atoms with van der Waals surface area (Å²) < 4.78 is 46.5. The van der Waals surface area contributed by atoms with Gasteiger partial charge in [0.1, 0.15) is 5.75 Å². The Morgan fingerprint density at radius 1 is 0.889 bits per heavy atom. The number of rotatable bonds is 6. The van der Waals surface area contributed by atoms with Crippen molar-refractivity contribution < 1.29 is 27.8 Å². The van der Waals surface area contributed by atoms with Crippen LogP contribution in [0.5, 0.6) is 11.6 Å². The summed E-state index contributed by atoms with van der Waals surface area (Å²) in [5.41, 5.74) is 7.19. The zero-order valence-corrected chi connectivity index (χ0v) is 20.2. The molecule has 3 aromatic carbocycles. The van der Waals surface area contributed by atoms with E-state index in [-0.39, 0.29) is 48.6 Å². The number of hydrogen-bond acceptors (Lipinski definition) is 4. The van der Waals surface area contributed by atoms with Gasteiger partial charge >= 0.3 is 12.1 Å². The number of pyridine rings is 1. The molecule has 0 bridgehead atoms. The van der Waals surface area contributed by atoms with Crippen LogP contribution in [0, 0.1) is 0 Å². The normalized spacial score (nSPS) is 10.7. The highest BCUT2D eigenvalue weighted by Gasteiger charge is 2.31. The maximum atomic E-state index is 13.6. The van der Waals surface area contributed by atoms with Crippen molar-refractivity contribution in [3.8, 4) is 34.0 Å². The summed E-state index contributed by atoms with van der Waals surface area (Å²) in [6.45, 7) is 0.255. The van der Waals surface area contributed by atoms with Crippen LogP contribution in [0.3, 0.4) is 0 Å². The molecule has 10 heteroatoms. The predicted octanol–water partition coefficient (Wildman–Crippen LogP) is 7.23. The zero-order valence-electron chi connectivity index (χ0n) is 18.5. The highest BCUT2D eigenvalue weighted by molar-refractivity contribution is 5.95. The summed E-state index contributed by atoms with van der Waals surface area (Å²) in [6, 6.07) is 21.4. The van der Waals surface area contributed by atoms with Crippen LogP contribution < -0.4 is 10.5 Å². The van der Waals surface area contributed by atoms with E-state index < -0.39 is 17.7 Å². The average Bonchev–Trinajstić information content (AvgIpc) is 2.83. The molecule has 1 heterocycles. The number of nitrogens with zero attached hydrogens (tertiary/aromatic N) is 1. The van der Waals surface area contributed by atoms with Gasteiger partial charge in [-0.25, -0.2) is 9.78 Å². The SMILES string of the molecule is Cl.Cl.NCc1cccc(-c2cc(Oc3cccc(-c4ccccc4C(=O)O)n3)cc(C(F)(F)F)c2)c1. The first-order valence-electron chi connectivity index (χ1n) is 10.2. The molecule has 0 aliphatic heterocycles. The molecule has 0 amide bonds. The van der Waals surface area contributed by atoms with Crippen LogP contribution >= 0.6 is 24.8 Å². The van der Waals surface area contributed by atoms with E-state index in [0.717, 1.165) is 17.7 Å². The molecule has 3 N–H and O–H groups in total. The van der Waals surface area contributed by atoms with Crippen LogP contribution in [0.25, 0.3) is 22.4 Å². The van der Waals surface area contributed by atoms with Crippen molar-refractivity contribution in [2.45, 2.75) is 12.7 Å². The van der Waals surface area contributed by atoms with Crippen molar-refractivity contribution in [1.82, 2.24) is 4.98 Å². The van der Waals surface area contributed by atoms with Crippen molar-refractivity contribution >= 4 is 30.8 Å². The van der Waals surface area contributed by atoms with Crippen LogP contribution in [0.15, 0.2) is 84.9 Å². The van der Waals surface area contributed by atoms with E-state index in [1.165, 1.54) is 18.2 Å². The number of hydrogen-bond donors (Lipinski definition) is 2. The lowest BCUT2D eigenvalue weighted by molar-refractivity contribution is -0.137. The Hall–Kier alpha value is -3.59. The van der Waals surface area contributed by atoms with E-state index >= 15 is 0 Å². The molecule has 0 saturated heterocycles. The first kappa shape index (κ1) is 28.6. The fraction of sp³-hybridized carbons (Fsp3) is 0.0769. The standard InChI is InChI=1S/C26H19F3N2O3.2ClH/c27-26(28,29)19-12-18(17-6-3-5-16(11-17)15-30)13-20(14-19)34-24-10-4-9-23(31-24)21-7-1-2-8-22(21)25(32)33;;/h1-14H,15,30H2,(H,32,33);2*1H. The van der Waals surface area contributed by atoms with Gasteiger partial charge in [0.2, 0.25) is 5.88 Å². The minimum Gasteiger partial charge on any atom is -0.478 e. The molecule has 188 valence electrons. The van der Waals surface area contributed by atoms with Crippen LogP contribution in [0.1, 0.15) is 21.5 Å². The molecular weight excluding hydrogens is 516 g/mol. The van der Waals surface area contributed by atoms with E-state index in [1.807, 2.05) is 0 Å². The van der Waals surface area contributed by atoms with Crippen molar-refractivity contribution in [2.24, 2.45) is 5.73 Å². The number of carbonyl (C=O) groups is 1. The Balaban J connectivity index is 0.00000228. The second kappa shape index (κ2) is 11.9. The summed E-state index contributed by atoms with van der Waals surface area (Å²) in [6.07, 6.45) is -4.59. The summed E-state index contributed by atoms with van der Waals surface area (Å²) in [4.78, 5) is 15.9. The molecule has 0 spiro atoms. The highest BCUT2D eigenvalue weighted by atomic mass is 35.5. The number of nitrogens with two attached hydrogens (primary N) is 1. The van der Waals surface area contributed by atoms with Gasteiger partial charge in [0.15, 0.2) is 0 Å². The third-order valence-electron chi connectivity index (χ3n) is 5.11. The number of alkyl halides is 3. The first-order chi connectivity index (χ1) is 16.2. The molecule has 4 rings (SSSR count). The first-order valence-corrected chi connectivity index (χ1v) is 10.2. The second-order valence-electron chi connectivity index (χ2n) is 7.46. The summed E-state index contributed by atoms with van der Waals surface area (Å²) in [5, 5.41) is 9.44. The third-order valence-corrected chi connectivity index (χ3v) is 5.11. The van der Waals surface area contributed by atoms with Crippen molar-refractivity contribution in [2.75, 3.05) is 0 Å². The van der Waals surface area contributed by atoms with Gasteiger partial charge in [0, 0.05) is 18.2 Å². The zero-order chi connectivity index (χ0) is 24.3. The maximum Gasteiger partial charge on any atom is 0.416 e. The molecule has 1 aromatic heterocycles. The number of ether oxygens (including phenoxy) is 1. The quantitative estimate of drug-likeness (QED) is 0.271. The fourth-order valence-corrected chi connectivity index (χ4v) is 3.50. The molecule has 36 heavy (non-hydrogen) atoms. The van der Waals surface area contributed by atoms with Crippen molar-refractivity contribution in [3.63, 3.8) is 0 Å². The molecule has 4 aromatic rings. The smallest absolute Gasteiger partial charge is 0.416 e. The van der Waals surface area contributed by atoms with Crippen molar-refractivity contribution in [3.05, 3.63) is 102 Å². The molecule has 0 radical (unpaired) electrons. The Labute approximate surface area is 217 Å². The van der Waals surface area contributed by atoms with Crippen LogP contribution in [0.2, 0.25) is 0 Å². The van der Waals surface area contributed by atoms with E-state index in [4.69, 9.17) is 10.5 Å². The lowest BCUT2D eigenvalue weighted by Crippen LogP contribution is -2.05. The summed E-state index contributed by atoms with van der Waals surface area (Å²) in [5.74, 6) is -1.15. The summed E-state index contributed by atoms with van der Waals surface area (Å²) >= 11 is 0. The van der Waals surface area contributed by atoms with Gasteiger partial charge in [0.05, 0.1) is 16.8 Å². The van der Waals surface area contributed by atoms with E-state index in [2.05, 4.69) is 4.98 Å². The fourth-order valence-electron chi connectivity index (χ4n) is 3.50. The van der Waals surface area contributed by atoms with Gasteiger partial charge < -0.3 is 15.6 Å². The topological polar surface area (TPSA) is 85.4 Å². The second-order valence-corrected chi connectivity index (χ2v) is 7.46. The molecule has 5 nitrogen and oxygen atoms in total. The Morgan fingerprint density at radius 3 is 2.31 bits per heavy atom. The van der Waals surface area contributed by atoms with Crippen LogP contribution in [0.4, 0.5) is 13.2 Å². The number of benzene rings is 3. The highest BCUT2D eigenvalue weighted by Crippen LogP contribution is 2.37. The molecule has 0 fully saturated rings. The van der Waals surface area contributed by atoms with Crippen LogP contribution in [-0.4, -0.2) is 16.1 Å². The largest absolute Gasteiger partial charge is 0.478 e. The molecule has 0 saturated carbocycles. The minimum atomic E-state index is -4.59. The van der Waals surface area contributed by atoms with Gasteiger partial charge in [-0.05, 0) is 53.1 Å². The predicted molar refractivity (Wildman–Crippen MR) is 136 cm³/mol. The maximum absolute atomic E-state index is 13.6. The average molecular weight is 537 g/mol. The van der Waals surface area contributed by atoms with Gasteiger partial charge in [-0.2, -0.15) is 13.2 Å². The Kier molecular flexibility index (Phi) is 9.47. The third kappa shape index (κ3) is 6.54. The van der Waals surface area contributed by atoms with Gasteiger partial charge in [-0.3, -0.25) is 0 Å². The van der Waals surface area contributed by atoms with Crippen LogP contribution in [-0.2, 0) is 12.7 Å². The Bertz CT molecular complexity index is 1360. The van der Waals surface area contributed by atoms with E-state index in [9.17, 15) is 23.1 Å². The van der Waals surface area contributed by atoms with Gasteiger partial charge in [0.25, 0.3) is 0 Å². The van der Waals surface area contributed by atoms with Crippen molar-refractivity contribution in [1.29, 1.82) is 0 Å². The number of aromatic carboxylic acids is 1. The number of carboxylic acid groups (broad SMARTS) is 1. The number of aromatic nitrogens is 1. The Morgan fingerprint density at radius 2 is 1.61 bits per heavy atom. The van der Waals surface area contributed by atoms with E-state index in [1.54, 1.807) is 54.6 Å². The molecule has 0 aliphatic rings. The molecular formula is C26H21Cl2F3N2O3. The van der Waals surface area contributed by atoms with E-state index in [0.29, 0.717) is 22.4 Å². The minimum absolute atomic E-state index is 0. The lowest BCUT2D eigenvalue weighted by atomic mass is 10.0. The molecule has 0 aliphatic carbocycles. The molecule has 0 unspecified atom stereocenters. The summed E-state index contributed by atoms with van der Waals surface area (Å²) in [7, 11) is 0. The number of halogens is 5. The monoisotopic (exact) mass is 536 g/mol. The molecule has 0 atom stereocenters. The number of carboxylic acids is 1. The van der Waals surface area contributed by atoms with Gasteiger partial charge in [-0.15, -0.1) is 24.8 Å².